The maximum Gasteiger partial charge on any atom is 0.334 e. The zero-order valence-electron chi connectivity index (χ0n) is 7.95. The first kappa shape index (κ1) is 9.40. The molecule has 2 aliphatic rings. The van der Waals surface area contributed by atoms with Crippen LogP contribution in [0, 0.1) is 5.92 Å². The molecule has 1 aliphatic carbocycles. The lowest BCUT2D eigenvalue weighted by atomic mass is 9.75. The second-order valence-electron chi connectivity index (χ2n) is 4.18. The SMILES string of the molecule is C=C1C(=O)OC2CC(C)(O)C(=O)CC12. The van der Waals surface area contributed by atoms with Crippen LogP contribution in [0.4, 0.5) is 0 Å². The van der Waals surface area contributed by atoms with Gasteiger partial charge >= 0.3 is 5.97 Å². The Morgan fingerprint density at radius 2 is 2.21 bits per heavy atom. The van der Waals surface area contributed by atoms with Crippen molar-refractivity contribution in [3.63, 3.8) is 0 Å². The Morgan fingerprint density at radius 1 is 1.57 bits per heavy atom. The van der Waals surface area contributed by atoms with Crippen LogP contribution in [0.2, 0.25) is 0 Å². The second kappa shape index (κ2) is 2.67. The number of fused-ring (bicyclic) bond motifs is 1. The zero-order chi connectivity index (χ0) is 10.5. The molecule has 3 unspecified atom stereocenters. The molecule has 0 amide bonds. The molecule has 1 saturated heterocycles. The minimum Gasteiger partial charge on any atom is -0.458 e. The van der Waals surface area contributed by atoms with Crippen molar-refractivity contribution in [2.45, 2.75) is 31.5 Å². The van der Waals surface area contributed by atoms with Gasteiger partial charge in [0.05, 0.1) is 0 Å². The normalized spacial score (nSPS) is 42.3. The molecule has 1 N–H and O–H groups in total. The van der Waals surface area contributed by atoms with Gasteiger partial charge in [-0.3, -0.25) is 4.79 Å². The van der Waals surface area contributed by atoms with E-state index in [1.54, 1.807) is 0 Å². The van der Waals surface area contributed by atoms with Crippen molar-refractivity contribution in [3.8, 4) is 0 Å². The number of esters is 1. The predicted molar refractivity (Wildman–Crippen MR) is 47.4 cm³/mol. The molecule has 0 aromatic carbocycles. The van der Waals surface area contributed by atoms with Gasteiger partial charge < -0.3 is 9.84 Å². The van der Waals surface area contributed by atoms with Gasteiger partial charge in [0.15, 0.2) is 5.78 Å². The molecule has 0 radical (unpaired) electrons. The van der Waals surface area contributed by atoms with E-state index in [2.05, 4.69) is 6.58 Å². The summed E-state index contributed by atoms with van der Waals surface area (Å²) in [7, 11) is 0. The summed E-state index contributed by atoms with van der Waals surface area (Å²) in [6.45, 7) is 5.05. The van der Waals surface area contributed by atoms with Crippen LogP contribution in [0.15, 0.2) is 12.2 Å². The highest BCUT2D eigenvalue weighted by Crippen LogP contribution is 2.39. The molecule has 4 heteroatoms. The highest BCUT2D eigenvalue weighted by Gasteiger charge is 2.50. The second-order valence-corrected chi connectivity index (χ2v) is 4.18. The molecule has 0 aromatic rings. The molecule has 2 rings (SSSR count). The maximum atomic E-state index is 11.5. The van der Waals surface area contributed by atoms with Crippen molar-refractivity contribution < 1.29 is 19.4 Å². The Labute approximate surface area is 81.6 Å². The fourth-order valence-electron chi connectivity index (χ4n) is 2.03. The van der Waals surface area contributed by atoms with Gasteiger partial charge in [0.2, 0.25) is 0 Å². The van der Waals surface area contributed by atoms with Crippen LogP contribution < -0.4 is 0 Å². The minimum absolute atomic E-state index is 0.155. The lowest BCUT2D eigenvalue weighted by Crippen LogP contribution is -2.46. The topological polar surface area (TPSA) is 63.6 Å². The summed E-state index contributed by atoms with van der Waals surface area (Å²) in [4.78, 5) is 22.6. The monoisotopic (exact) mass is 196 g/mol. The van der Waals surface area contributed by atoms with Crippen LogP contribution in [0.5, 0.6) is 0 Å². The standard InChI is InChI=1S/C10H12O4/c1-5-6-3-8(11)10(2,13)4-7(6)14-9(5)12/h6-7,13H,1,3-4H2,2H3. The van der Waals surface area contributed by atoms with Gasteiger partial charge in [-0.1, -0.05) is 6.58 Å². The van der Waals surface area contributed by atoms with Crippen LogP contribution >= 0.6 is 0 Å². The molecule has 1 saturated carbocycles. The van der Waals surface area contributed by atoms with E-state index in [0.717, 1.165) is 0 Å². The van der Waals surface area contributed by atoms with Crippen molar-refractivity contribution in [1.29, 1.82) is 0 Å². The molecule has 3 atom stereocenters. The molecule has 0 spiro atoms. The Kier molecular flexibility index (Phi) is 1.79. The van der Waals surface area contributed by atoms with E-state index >= 15 is 0 Å². The van der Waals surface area contributed by atoms with E-state index < -0.39 is 11.6 Å². The predicted octanol–water partition coefficient (Wildman–Crippen LogP) is 0.198. The van der Waals surface area contributed by atoms with Gasteiger partial charge in [-0.15, -0.1) is 0 Å². The number of carbonyl (C=O) groups is 2. The van der Waals surface area contributed by atoms with Crippen LogP contribution in [0.1, 0.15) is 19.8 Å². The quantitative estimate of drug-likeness (QED) is 0.444. The van der Waals surface area contributed by atoms with E-state index in [4.69, 9.17) is 4.74 Å². The van der Waals surface area contributed by atoms with Gasteiger partial charge in [0.25, 0.3) is 0 Å². The number of Topliss-reactive ketones (excluding diaryl/α,β-unsaturated/α-hetero) is 1. The smallest absolute Gasteiger partial charge is 0.334 e. The number of hydrogen-bond acceptors (Lipinski definition) is 4. The first-order chi connectivity index (χ1) is 6.42. The first-order valence-corrected chi connectivity index (χ1v) is 4.57. The molecule has 1 aliphatic heterocycles. The number of hydrogen-bond donors (Lipinski definition) is 1. The van der Waals surface area contributed by atoms with E-state index in [-0.39, 0.29) is 30.6 Å². The van der Waals surface area contributed by atoms with E-state index in [1.165, 1.54) is 6.92 Å². The average Bonchev–Trinajstić information content (AvgIpc) is 2.31. The van der Waals surface area contributed by atoms with Gasteiger partial charge in [0, 0.05) is 24.3 Å². The molecular formula is C10H12O4. The molecular weight excluding hydrogens is 184 g/mol. The van der Waals surface area contributed by atoms with Crippen LogP contribution in [-0.4, -0.2) is 28.6 Å². The van der Waals surface area contributed by atoms with Crippen LogP contribution in [-0.2, 0) is 14.3 Å². The first-order valence-electron chi connectivity index (χ1n) is 4.57. The molecule has 1 heterocycles. The minimum atomic E-state index is -1.36. The highest BCUT2D eigenvalue weighted by molar-refractivity contribution is 5.95. The largest absolute Gasteiger partial charge is 0.458 e. The highest BCUT2D eigenvalue weighted by atomic mass is 16.6. The van der Waals surface area contributed by atoms with Crippen molar-refractivity contribution in [3.05, 3.63) is 12.2 Å². The fraction of sp³-hybridized carbons (Fsp3) is 0.600. The van der Waals surface area contributed by atoms with Crippen molar-refractivity contribution in [2.75, 3.05) is 0 Å². The zero-order valence-corrected chi connectivity index (χ0v) is 7.95. The van der Waals surface area contributed by atoms with Crippen molar-refractivity contribution in [1.82, 2.24) is 0 Å². The lowest BCUT2D eigenvalue weighted by Gasteiger charge is -2.32. The fourth-order valence-corrected chi connectivity index (χ4v) is 2.03. The lowest BCUT2D eigenvalue weighted by molar-refractivity contribution is -0.152. The summed E-state index contributed by atoms with van der Waals surface area (Å²) in [5.74, 6) is -0.904. The number of aliphatic hydroxyl groups is 1. The van der Waals surface area contributed by atoms with Gasteiger partial charge in [-0.25, -0.2) is 4.79 Å². The molecule has 0 aromatic heterocycles. The van der Waals surface area contributed by atoms with Gasteiger partial charge in [0.1, 0.15) is 11.7 Å². The third-order valence-electron chi connectivity index (χ3n) is 3.02. The van der Waals surface area contributed by atoms with Crippen molar-refractivity contribution >= 4 is 11.8 Å². The Balaban J connectivity index is 2.26. The van der Waals surface area contributed by atoms with Gasteiger partial charge in [-0.2, -0.15) is 0 Å². The summed E-state index contributed by atoms with van der Waals surface area (Å²) in [6.07, 6.45) is -0.0357. The summed E-state index contributed by atoms with van der Waals surface area (Å²) >= 11 is 0. The molecule has 76 valence electrons. The Hall–Kier alpha value is -1.16. The summed E-state index contributed by atoms with van der Waals surface area (Å²) in [5, 5.41) is 9.69. The van der Waals surface area contributed by atoms with E-state index in [9.17, 15) is 14.7 Å². The Bertz CT molecular complexity index is 329. The van der Waals surface area contributed by atoms with E-state index in [0.29, 0.717) is 5.57 Å². The number of ether oxygens (including phenoxy) is 1. The molecule has 4 nitrogen and oxygen atoms in total. The van der Waals surface area contributed by atoms with E-state index in [1.807, 2.05) is 0 Å². The third-order valence-corrected chi connectivity index (χ3v) is 3.02. The third kappa shape index (κ3) is 1.18. The van der Waals surface area contributed by atoms with Crippen LogP contribution in [0.25, 0.3) is 0 Å². The number of rotatable bonds is 0. The Morgan fingerprint density at radius 3 is 2.86 bits per heavy atom. The molecule has 0 bridgehead atoms. The summed E-state index contributed by atoms with van der Waals surface area (Å²) in [6, 6.07) is 0. The maximum absolute atomic E-state index is 11.5. The number of ketones is 1. The molecule has 14 heavy (non-hydrogen) atoms. The summed E-state index contributed by atoms with van der Waals surface area (Å²) < 4.78 is 5.01. The van der Waals surface area contributed by atoms with Crippen LogP contribution in [0.3, 0.4) is 0 Å². The summed E-state index contributed by atoms with van der Waals surface area (Å²) in [5.41, 5.74) is -0.995. The van der Waals surface area contributed by atoms with Crippen molar-refractivity contribution in [2.24, 2.45) is 5.92 Å². The number of carbonyl (C=O) groups excluding carboxylic acids is 2. The molecule has 2 fully saturated rings. The van der Waals surface area contributed by atoms with Gasteiger partial charge in [-0.05, 0) is 6.92 Å². The average molecular weight is 196 g/mol.